The molecule has 8 nitrogen and oxygen atoms in total. The molecule has 0 spiro atoms. The van der Waals surface area contributed by atoms with Crippen LogP contribution in [0.25, 0.3) is 11.6 Å². The molecule has 0 saturated carbocycles. The van der Waals surface area contributed by atoms with Gasteiger partial charge >= 0.3 is 12.3 Å². The molecule has 32 heavy (non-hydrogen) atoms. The molecular formula is C21H22F3N5O3. The van der Waals surface area contributed by atoms with Gasteiger partial charge in [0.15, 0.2) is 11.5 Å². The molecule has 0 radical (unpaired) electrons. The lowest BCUT2D eigenvalue weighted by molar-refractivity contribution is -0.139. The van der Waals surface area contributed by atoms with Gasteiger partial charge in [-0.25, -0.2) is 0 Å². The third-order valence-electron chi connectivity index (χ3n) is 4.86. The van der Waals surface area contributed by atoms with Crippen molar-refractivity contribution in [2.24, 2.45) is 0 Å². The molecule has 0 N–H and O–H groups in total. The summed E-state index contributed by atoms with van der Waals surface area (Å²) in [6, 6.07) is 8.79. The lowest BCUT2D eigenvalue weighted by Gasteiger charge is -2.33. The number of ether oxygens (including phenoxy) is 2. The monoisotopic (exact) mass is 449 g/mol. The average Bonchev–Trinajstić information content (AvgIpc) is 3.22. The van der Waals surface area contributed by atoms with Crippen LogP contribution in [0.2, 0.25) is 0 Å². The van der Waals surface area contributed by atoms with Crippen molar-refractivity contribution in [1.82, 2.24) is 20.4 Å². The number of hydrogen-bond acceptors (Lipinski definition) is 8. The molecule has 1 saturated heterocycles. The first-order valence-electron chi connectivity index (χ1n) is 10.2. The number of rotatable bonds is 6. The number of alkyl halides is 3. The molecular weight excluding hydrogens is 427 g/mol. The molecule has 1 fully saturated rings. The maximum atomic E-state index is 13.2. The van der Waals surface area contributed by atoms with Gasteiger partial charge in [-0.15, -0.1) is 15.3 Å². The fourth-order valence-electron chi connectivity index (χ4n) is 3.36. The van der Waals surface area contributed by atoms with Gasteiger partial charge in [0, 0.05) is 25.9 Å². The van der Waals surface area contributed by atoms with Gasteiger partial charge in [0.2, 0.25) is 0 Å². The van der Waals surface area contributed by atoms with Crippen molar-refractivity contribution in [3.8, 4) is 23.4 Å². The Balaban J connectivity index is 1.35. The second-order valence-corrected chi connectivity index (χ2v) is 7.61. The molecule has 0 atom stereocenters. The molecule has 1 aliphatic rings. The summed E-state index contributed by atoms with van der Waals surface area (Å²) >= 11 is 0. The number of anilines is 1. The normalized spacial score (nSPS) is 15.2. The minimum atomic E-state index is -4.45. The molecule has 3 heterocycles. The highest BCUT2D eigenvalue weighted by Crippen LogP contribution is 2.37. The quantitative estimate of drug-likeness (QED) is 0.548. The zero-order valence-corrected chi connectivity index (χ0v) is 17.5. The number of hydrogen-bond donors (Lipinski definition) is 0. The first kappa shape index (κ1) is 21.8. The number of piperidine rings is 1. The number of para-hydroxylation sites is 1. The largest absolute Gasteiger partial charge is 0.490 e. The minimum absolute atomic E-state index is 0.0649. The number of nitrogens with zero attached hydrogens (tertiary/aromatic N) is 5. The van der Waals surface area contributed by atoms with Gasteiger partial charge in [-0.3, -0.25) is 0 Å². The summed E-state index contributed by atoms with van der Waals surface area (Å²) in [6.45, 7) is 4.86. The van der Waals surface area contributed by atoms with Gasteiger partial charge in [-0.05, 0) is 38.1 Å². The van der Waals surface area contributed by atoms with Crippen molar-refractivity contribution in [1.29, 1.82) is 0 Å². The van der Waals surface area contributed by atoms with Crippen LogP contribution in [-0.2, 0) is 6.18 Å². The Morgan fingerprint density at radius 3 is 2.41 bits per heavy atom. The summed E-state index contributed by atoms with van der Waals surface area (Å²) in [7, 11) is 0. The standard InChI is InChI=1S/C21H22F3N5O3/c1-13(2)30-20-28-27-19(32-20)16-7-8-18(26-25-16)29-11-9-14(10-12-29)31-17-6-4-3-5-15(17)21(22,23)24/h3-8,13-14H,9-12H2,1-2H3. The summed E-state index contributed by atoms with van der Waals surface area (Å²) in [5, 5.41) is 16.1. The highest BCUT2D eigenvalue weighted by atomic mass is 19.4. The van der Waals surface area contributed by atoms with Crippen LogP contribution in [0, 0.1) is 0 Å². The van der Waals surface area contributed by atoms with Crippen LogP contribution in [0.3, 0.4) is 0 Å². The van der Waals surface area contributed by atoms with E-state index in [9.17, 15) is 13.2 Å². The summed E-state index contributed by atoms with van der Waals surface area (Å²) in [5.74, 6) is 0.721. The minimum Gasteiger partial charge on any atom is -0.490 e. The third-order valence-corrected chi connectivity index (χ3v) is 4.86. The van der Waals surface area contributed by atoms with Gasteiger partial charge in [-0.2, -0.15) is 13.2 Å². The molecule has 1 aliphatic heterocycles. The Hall–Kier alpha value is -3.37. The highest BCUT2D eigenvalue weighted by molar-refractivity contribution is 5.49. The van der Waals surface area contributed by atoms with Crippen molar-refractivity contribution in [3.63, 3.8) is 0 Å². The lowest BCUT2D eigenvalue weighted by atomic mass is 10.1. The summed E-state index contributed by atoms with van der Waals surface area (Å²) in [4.78, 5) is 2.01. The molecule has 0 bridgehead atoms. The number of benzene rings is 1. The molecule has 2 aromatic heterocycles. The lowest BCUT2D eigenvalue weighted by Crippen LogP contribution is -2.39. The Labute approximate surface area is 182 Å². The van der Waals surface area contributed by atoms with E-state index in [2.05, 4.69) is 20.4 Å². The molecule has 3 aromatic rings. The Morgan fingerprint density at radius 2 is 1.75 bits per heavy atom. The van der Waals surface area contributed by atoms with Gasteiger partial charge in [0.05, 0.1) is 11.7 Å². The van der Waals surface area contributed by atoms with Crippen molar-refractivity contribution >= 4 is 5.82 Å². The van der Waals surface area contributed by atoms with E-state index in [1.165, 1.54) is 18.2 Å². The van der Waals surface area contributed by atoms with E-state index < -0.39 is 11.7 Å². The highest BCUT2D eigenvalue weighted by Gasteiger charge is 2.35. The fourth-order valence-corrected chi connectivity index (χ4v) is 3.36. The zero-order valence-electron chi connectivity index (χ0n) is 17.5. The summed E-state index contributed by atoms with van der Waals surface area (Å²) in [5.41, 5.74) is -0.339. The molecule has 170 valence electrons. The van der Waals surface area contributed by atoms with Crippen molar-refractivity contribution in [3.05, 3.63) is 42.0 Å². The zero-order chi connectivity index (χ0) is 22.7. The second-order valence-electron chi connectivity index (χ2n) is 7.61. The van der Waals surface area contributed by atoms with Gasteiger partial charge < -0.3 is 18.8 Å². The fraction of sp³-hybridized carbons (Fsp3) is 0.429. The molecule has 11 heteroatoms. The predicted octanol–water partition coefficient (Wildman–Crippen LogP) is 4.38. The number of halogens is 3. The number of aromatic nitrogens is 4. The molecule has 0 amide bonds. The first-order chi connectivity index (χ1) is 15.3. The molecule has 0 aliphatic carbocycles. The summed E-state index contributed by atoms with van der Waals surface area (Å²) < 4.78 is 56.0. The summed E-state index contributed by atoms with van der Waals surface area (Å²) in [6.07, 6.45) is -3.65. The molecule has 0 unspecified atom stereocenters. The van der Waals surface area contributed by atoms with E-state index in [-0.39, 0.29) is 29.9 Å². The van der Waals surface area contributed by atoms with Crippen LogP contribution in [0.4, 0.5) is 19.0 Å². The predicted molar refractivity (Wildman–Crippen MR) is 108 cm³/mol. The Kier molecular flexibility index (Phi) is 6.15. The van der Waals surface area contributed by atoms with Crippen LogP contribution < -0.4 is 14.4 Å². The van der Waals surface area contributed by atoms with E-state index in [4.69, 9.17) is 13.9 Å². The Bertz CT molecular complexity index is 1030. The van der Waals surface area contributed by atoms with E-state index in [1.807, 2.05) is 18.7 Å². The molecule has 1 aromatic carbocycles. The molecule has 4 rings (SSSR count). The average molecular weight is 449 g/mol. The van der Waals surface area contributed by atoms with E-state index >= 15 is 0 Å². The van der Waals surface area contributed by atoms with Crippen LogP contribution in [0.5, 0.6) is 11.8 Å². The van der Waals surface area contributed by atoms with E-state index in [0.717, 1.165) is 6.07 Å². The Morgan fingerprint density at radius 1 is 1.00 bits per heavy atom. The van der Waals surface area contributed by atoms with Crippen LogP contribution in [0.1, 0.15) is 32.3 Å². The maximum Gasteiger partial charge on any atom is 0.419 e. The first-order valence-corrected chi connectivity index (χ1v) is 10.2. The van der Waals surface area contributed by atoms with E-state index in [1.54, 1.807) is 12.1 Å². The van der Waals surface area contributed by atoms with Crippen LogP contribution in [-0.4, -0.2) is 45.7 Å². The van der Waals surface area contributed by atoms with Gasteiger partial charge in [0.25, 0.3) is 5.89 Å². The maximum absolute atomic E-state index is 13.2. The third kappa shape index (κ3) is 5.09. The topological polar surface area (TPSA) is 86.4 Å². The van der Waals surface area contributed by atoms with Crippen LogP contribution in [0.15, 0.2) is 40.8 Å². The smallest absolute Gasteiger partial charge is 0.419 e. The van der Waals surface area contributed by atoms with E-state index in [0.29, 0.717) is 37.4 Å². The SMILES string of the molecule is CC(C)Oc1nnc(-c2ccc(N3CCC(Oc4ccccc4C(F)(F)F)CC3)nn2)o1. The van der Waals surface area contributed by atoms with Gasteiger partial charge in [-0.1, -0.05) is 17.2 Å². The van der Waals surface area contributed by atoms with Gasteiger partial charge in [0.1, 0.15) is 11.9 Å². The van der Waals surface area contributed by atoms with Crippen molar-refractivity contribution in [2.75, 3.05) is 18.0 Å². The second kappa shape index (κ2) is 9.01. The van der Waals surface area contributed by atoms with Crippen LogP contribution >= 0.6 is 0 Å². The van der Waals surface area contributed by atoms with Crippen molar-refractivity contribution in [2.45, 2.75) is 45.1 Å². The van der Waals surface area contributed by atoms with Crippen molar-refractivity contribution < 1.29 is 27.1 Å².